The molecule has 0 amide bonds. The van der Waals surface area contributed by atoms with Crippen molar-refractivity contribution in [2.24, 2.45) is 0 Å². The number of pyridine rings is 1. The zero-order valence-electron chi connectivity index (χ0n) is 9.05. The predicted octanol–water partition coefficient (Wildman–Crippen LogP) is 2.82. The number of nitrogens with one attached hydrogen (secondary N) is 1. The van der Waals surface area contributed by atoms with E-state index in [0.29, 0.717) is 0 Å². The molecule has 1 N–H and O–H groups in total. The molecule has 2 aromatic carbocycles. The Labute approximate surface area is 105 Å². The average Bonchev–Trinajstić information content (AvgIpc) is 2.37. The van der Waals surface area contributed by atoms with E-state index < -0.39 is 0 Å². The van der Waals surface area contributed by atoms with Gasteiger partial charge in [-0.1, -0.05) is 29.7 Å². The molecular weight excluding hydrogens is 228 g/mol. The maximum absolute atomic E-state index is 7.13. The fraction of sp³-hybridized carbons (Fsp3) is 0. The van der Waals surface area contributed by atoms with E-state index in [2.05, 4.69) is 60.1 Å². The number of rotatable bonds is 0. The lowest BCUT2D eigenvalue weighted by Crippen LogP contribution is -2.04. The second-order valence-electron chi connectivity index (χ2n) is 3.54. The summed E-state index contributed by atoms with van der Waals surface area (Å²) in [5.41, 5.74) is 2.37. The van der Waals surface area contributed by atoms with Crippen molar-refractivity contribution in [3.63, 3.8) is 0 Å². The number of para-hydroxylation sites is 2. The number of aromatic nitrogens is 1. The highest BCUT2D eigenvalue weighted by molar-refractivity contribution is 7.64. The predicted molar refractivity (Wildman–Crippen MR) is 71.0 cm³/mol. The molecule has 82 valence electrons. The molecule has 0 aliphatic carbocycles. The Kier molecular flexibility index (Phi) is 3.49. The van der Waals surface area contributed by atoms with Crippen molar-refractivity contribution in [2.45, 2.75) is 0 Å². The van der Waals surface area contributed by atoms with Gasteiger partial charge in [0.2, 0.25) is 11.0 Å². The summed E-state index contributed by atoms with van der Waals surface area (Å²) < 4.78 is 0. The van der Waals surface area contributed by atoms with Crippen LogP contribution in [0.15, 0.2) is 54.6 Å². The number of nitriles is 1. The van der Waals surface area contributed by atoms with Crippen molar-refractivity contribution >= 4 is 34.4 Å². The molecule has 17 heavy (non-hydrogen) atoms. The molecule has 0 aliphatic rings. The fourth-order valence-electron chi connectivity index (χ4n) is 1.79. The van der Waals surface area contributed by atoms with Gasteiger partial charge in [-0.3, -0.25) is 0 Å². The van der Waals surface area contributed by atoms with E-state index in [1.165, 1.54) is 27.2 Å². The Morgan fingerprint density at radius 1 is 0.882 bits per heavy atom. The summed E-state index contributed by atoms with van der Waals surface area (Å²) in [7, 11) is 0. The van der Waals surface area contributed by atoms with Crippen LogP contribution in [0.25, 0.3) is 21.8 Å². The molecule has 0 atom stereocenters. The van der Waals surface area contributed by atoms with Gasteiger partial charge >= 0.3 is 0 Å². The SMILES string of the molecule is N#C[S-].c1ccc2[nH+]c3ccccc3cc2c1. The lowest BCUT2D eigenvalue weighted by molar-refractivity contribution is -0.310. The maximum atomic E-state index is 7.13. The fourth-order valence-corrected chi connectivity index (χ4v) is 1.79. The molecular formula is C14H10N2S. The lowest BCUT2D eigenvalue weighted by atomic mass is 10.1. The van der Waals surface area contributed by atoms with Crippen LogP contribution in [0, 0.1) is 10.7 Å². The average molecular weight is 238 g/mol. The van der Waals surface area contributed by atoms with Crippen molar-refractivity contribution in [3.05, 3.63) is 54.6 Å². The summed E-state index contributed by atoms with van der Waals surface area (Å²) in [5.74, 6) is 0. The van der Waals surface area contributed by atoms with Crippen LogP contribution in [0.5, 0.6) is 0 Å². The van der Waals surface area contributed by atoms with Crippen molar-refractivity contribution in [1.82, 2.24) is 0 Å². The Morgan fingerprint density at radius 2 is 1.29 bits per heavy atom. The van der Waals surface area contributed by atoms with Gasteiger partial charge < -0.3 is 12.6 Å². The Balaban J connectivity index is 0.000000329. The Morgan fingerprint density at radius 3 is 1.76 bits per heavy atom. The minimum atomic E-state index is 1.19. The van der Waals surface area contributed by atoms with Gasteiger partial charge in [-0.2, -0.15) is 0 Å². The van der Waals surface area contributed by atoms with Crippen molar-refractivity contribution in [1.29, 1.82) is 5.26 Å². The van der Waals surface area contributed by atoms with E-state index in [-0.39, 0.29) is 0 Å². The van der Waals surface area contributed by atoms with Crippen LogP contribution in [0.2, 0.25) is 0 Å². The molecule has 0 unspecified atom stereocenters. The third-order valence-corrected chi connectivity index (χ3v) is 2.50. The van der Waals surface area contributed by atoms with Crippen molar-refractivity contribution in [2.75, 3.05) is 0 Å². The monoisotopic (exact) mass is 238 g/mol. The number of aromatic amines is 1. The summed E-state index contributed by atoms with van der Waals surface area (Å²) >= 11 is 3.70. The first-order chi connectivity index (χ1) is 8.35. The molecule has 3 heteroatoms. The van der Waals surface area contributed by atoms with E-state index in [9.17, 15) is 0 Å². The van der Waals surface area contributed by atoms with Gasteiger partial charge in [0.15, 0.2) is 0 Å². The van der Waals surface area contributed by atoms with Crippen LogP contribution < -0.4 is 4.98 Å². The molecule has 0 aliphatic heterocycles. The smallest absolute Gasteiger partial charge is 0.211 e. The van der Waals surface area contributed by atoms with Gasteiger partial charge in [-0.15, -0.1) is 0 Å². The molecule has 0 spiro atoms. The van der Waals surface area contributed by atoms with Crippen LogP contribution in [-0.4, -0.2) is 0 Å². The molecule has 0 bridgehead atoms. The van der Waals surface area contributed by atoms with Gasteiger partial charge in [0, 0.05) is 22.9 Å². The Hall–Kier alpha value is -2.18. The van der Waals surface area contributed by atoms with Gasteiger partial charge in [0.25, 0.3) is 0 Å². The van der Waals surface area contributed by atoms with Gasteiger partial charge in [-0.25, -0.2) is 10.2 Å². The summed E-state index contributed by atoms with van der Waals surface area (Å²) in [4.78, 5) is 3.41. The number of nitrogens with zero attached hydrogens (tertiary/aromatic N) is 1. The van der Waals surface area contributed by atoms with Gasteiger partial charge in [0.1, 0.15) is 0 Å². The molecule has 0 radical (unpaired) electrons. The van der Waals surface area contributed by atoms with Crippen LogP contribution in [0.3, 0.4) is 0 Å². The first-order valence-corrected chi connectivity index (χ1v) is 5.57. The highest BCUT2D eigenvalue weighted by atomic mass is 32.1. The minimum Gasteiger partial charge on any atom is -0.696 e. The molecule has 3 rings (SSSR count). The second kappa shape index (κ2) is 5.24. The largest absolute Gasteiger partial charge is 0.696 e. The van der Waals surface area contributed by atoms with E-state index in [1.807, 2.05) is 12.1 Å². The molecule has 2 nitrogen and oxygen atoms in total. The minimum absolute atomic E-state index is 1.19. The number of hydrogen-bond donors (Lipinski definition) is 0. The van der Waals surface area contributed by atoms with Crippen LogP contribution in [0.1, 0.15) is 0 Å². The molecule has 0 saturated carbocycles. The van der Waals surface area contributed by atoms with Crippen molar-refractivity contribution in [3.8, 4) is 5.40 Å². The van der Waals surface area contributed by atoms with Crippen LogP contribution in [0.4, 0.5) is 0 Å². The zero-order chi connectivity index (χ0) is 12.1. The zero-order valence-corrected chi connectivity index (χ0v) is 9.87. The number of H-pyrrole nitrogens is 1. The van der Waals surface area contributed by atoms with Gasteiger partial charge in [0.05, 0.1) is 0 Å². The van der Waals surface area contributed by atoms with Crippen LogP contribution in [-0.2, 0) is 12.6 Å². The van der Waals surface area contributed by atoms with E-state index >= 15 is 0 Å². The van der Waals surface area contributed by atoms with Crippen LogP contribution >= 0.6 is 0 Å². The highest BCUT2D eigenvalue weighted by Crippen LogP contribution is 2.15. The standard InChI is InChI=1S/C13H9N.CHNS/c1-3-7-12-10(5-1)9-11-6-2-4-8-13(11)14-12;2-1-3/h1-9H;3H. The van der Waals surface area contributed by atoms with E-state index in [1.54, 1.807) is 0 Å². The molecule has 1 aromatic heterocycles. The summed E-state index contributed by atoms with van der Waals surface area (Å²) in [6.07, 6.45) is 0. The second-order valence-corrected chi connectivity index (χ2v) is 3.72. The lowest BCUT2D eigenvalue weighted by Gasteiger charge is -1.94. The normalized spacial score (nSPS) is 9.35. The number of hydrogen-bond acceptors (Lipinski definition) is 2. The highest BCUT2D eigenvalue weighted by Gasteiger charge is 2.02. The molecule has 1 heterocycles. The molecule has 3 aromatic rings. The number of benzene rings is 2. The molecule has 0 saturated heterocycles. The summed E-state index contributed by atoms with van der Waals surface area (Å²) in [6.45, 7) is 0. The molecule has 0 fully saturated rings. The third-order valence-electron chi connectivity index (χ3n) is 2.50. The summed E-state index contributed by atoms with van der Waals surface area (Å²) in [5, 5.41) is 11.0. The third kappa shape index (κ3) is 2.49. The number of fused-ring (bicyclic) bond motifs is 2. The Bertz CT molecular complexity index is 581. The van der Waals surface area contributed by atoms with Crippen molar-refractivity contribution < 1.29 is 4.98 Å². The van der Waals surface area contributed by atoms with Gasteiger partial charge in [-0.05, 0) is 18.2 Å². The quantitative estimate of drug-likeness (QED) is 0.343. The van der Waals surface area contributed by atoms with E-state index in [4.69, 9.17) is 5.26 Å². The van der Waals surface area contributed by atoms with E-state index in [0.717, 1.165) is 0 Å². The summed E-state index contributed by atoms with van der Waals surface area (Å²) in [6, 6.07) is 18.9. The topological polar surface area (TPSA) is 37.9 Å². The maximum Gasteiger partial charge on any atom is 0.211 e. The number of thiocyanates is 1. The first kappa shape index (κ1) is 11.3. The first-order valence-electron chi connectivity index (χ1n) is 5.16.